The molecule has 6 heteroatoms. The Kier molecular flexibility index (Phi) is 3.69. The number of likely N-dealkylation sites (N-methyl/N-ethyl adjacent to an activating group) is 1. The van der Waals surface area contributed by atoms with Crippen molar-refractivity contribution in [2.45, 2.75) is 18.9 Å². The Morgan fingerprint density at radius 1 is 1.53 bits per heavy atom. The van der Waals surface area contributed by atoms with Gasteiger partial charge in [-0.25, -0.2) is 4.98 Å². The zero-order chi connectivity index (χ0) is 12.4. The van der Waals surface area contributed by atoms with Gasteiger partial charge in [0, 0.05) is 18.7 Å². The number of nitrogens with two attached hydrogens (primary N) is 1. The minimum atomic E-state index is 0.202. The molecule has 3 N–H and O–H groups in total. The van der Waals surface area contributed by atoms with Gasteiger partial charge in [-0.3, -0.25) is 0 Å². The minimum Gasteiger partial charge on any atom is -0.368 e. The average Bonchev–Trinajstić information content (AvgIpc) is 3.00. The molecule has 1 atom stereocenters. The predicted octanol–water partition coefficient (Wildman–Crippen LogP) is 1.46. The van der Waals surface area contributed by atoms with Crippen molar-refractivity contribution in [3.8, 4) is 0 Å². The lowest BCUT2D eigenvalue weighted by Crippen LogP contribution is -2.36. The number of hydrogen-bond acceptors (Lipinski definition) is 5. The first-order chi connectivity index (χ1) is 8.06. The zero-order valence-corrected chi connectivity index (χ0v) is 10.9. The first-order valence-corrected chi connectivity index (χ1v) is 6.14. The highest BCUT2D eigenvalue weighted by molar-refractivity contribution is 6.29. The van der Waals surface area contributed by atoms with Crippen molar-refractivity contribution in [3.05, 3.63) is 11.2 Å². The summed E-state index contributed by atoms with van der Waals surface area (Å²) in [5.74, 6) is 1.69. The van der Waals surface area contributed by atoms with Gasteiger partial charge in [0.25, 0.3) is 0 Å². The second-order valence-electron chi connectivity index (χ2n) is 4.68. The fourth-order valence-corrected chi connectivity index (χ4v) is 2.18. The van der Waals surface area contributed by atoms with Gasteiger partial charge in [-0.2, -0.15) is 4.98 Å². The van der Waals surface area contributed by atoms with E-state index in [1.54, 1.807) is 6.07 Å². The van der Waals surface area contributed by atoms with Crippen molar-refractivity contribution in [3.63, 3.8) is 0 Å². The predicted molar refractivity (Wildman–Crippen MR) is 70.1 cm³/mol. The summed E-state index contributed by atoms with van der Waals surface area (Å²) >= 11 is 5.82. The molecule has 0 saturated heterocycles. The summed E-state index contributed by atoms with van der Waals surface area (Å²) in [6, 6.07) is 2.22. The highest BCUT2D eigenvalue weighted by atomic mass is 35.5. The van der Waals surface area contributed by atoms with Crippen LogP contribution >= 0.6 is 11.6 Å². The average molecular weight is 256 g/mol. The quantitative estimate of drug-likeness (QED) is 0.780. The number of nitrogens with zero attached hydrogens (tertiary/aromatic N) is 3. The highest BCUT2D eigenvalue weighted by Gasteiger charge is 2.32. The first kappa shape index (κ1) is 12.4. The smallest absolute Gasteiger partial charge is 0.223 e. The van der Waals surface area contributed by atoms with E-state index < -0.39 is 0 Å². The first-order valence-electron chi connectivity index (χ1n) is 5.76. The Bertz CT molecular complexity index is 369. The molecular formula is C11H18ClN5. The molecule has 0 bridgehead atoms. The van der Waals surface area contributed by atoms with Crippen molar-refractivity contribution >= 4 is 23.4 Å². The Labute approximate surface area is 106 Å². The minimum absolute atomic E-state index is 0.202. The third-order valence-electron chi connectivity index (χ3n) is 3.03. The van der Waals surface area contributed by atoms with Gasteiger partial charge in [-0.1, -0.05) is 11.6 Å². The van der Waals surface area contributed by atoms with E-state index in [-0.39, 0.29) is 5.95 Å². The molecule has 1 aromatic rings. The van der Waals surface area contributed by atoms with Gasteiger partial charge in [0.1, 0.15) is 11.0 Å². The molecular weight excluding hydrogens is 238 g/mol. The van der Waals surface area contributed by atoms with E-state index in [1.165, 1.54) is 12.8 Å². The molecule has 1 aliphatic rings. The monoisotopic (exact) mass is 255 g/mol. The Hall–Kier alpha value is -1.07. The van der Waals surface area contributed by atoms with E-state index in [0.717, 1.165) is 12.5 Å². The van der Waals surface area contributed by atoms with Crippen LogP contribution in [0.5, 0.6) is 0 Å². The van der Waals surface area contributed by atoms with Crippen molar-refractivity contribution in [1.29, 1.82) is 0 Å². The van der Waals surface area contributed by atoms with Crippen LogP contribution in [0.15, 0.2) is 6.07 Å². The maximum Gasteiger partial charge on any atom is 0.223 e. The van der Waals surface area contributed by atoms with Crippen LogP contribution in [0.3, 0.4) is 0 Å². The van der Waals surface area contributed by atoms with Crippen LogP contribution in [0.2, 0.25) is 5.15 Å². The van der Waals surface area contributed by atoms with Crippen LogP contribution in [0.25, 0.3) is 0 Å². The van der Waals surface area contributed by atoms with E-state index in [4.69, 9.17) is 17.3 Å². The molecule has 1 aliphatic carbocycles. The van der Waals surface area contributed by atoms with Crippen LogP contribution in [0.1, 0.15) is 12.8 Å². The van der Waals surface area contributed by atoms with Gasteiger partial charge in [0.15, 0.2) is 0 Å². The number of rotatable bonds is 5. The maximum absolute atomic E-state index is 5.82. The molecule has 1 fully saturated rings. The number of aromatic nitrogens is 2. The summed E-state index contributed by atoms with van der Waals surface area (Å²) in [6.07, 6.45) is 2.63. The summed E-state index contributed by atoms with van der Waals surface area (Å²) in [5, 5.41) is 3.64. The van der Waals surface area contributed by atoms with E-state index in [9.17, 15) is 0 Å². The molecule has 1 aromatic heterocycles. The van der Waals surface area contributed by atoms with Crippen molar-refractivity contribution < 1.29 is 0 Å². The molecule has 0 amide bonds. The van der Waals surface area contributed by atoms with Crippen molar-refractivity contribution in [2.75, 3.05) is 31.7 Å². The van der Waals surface area contributed by atoms with Crippen LogP contribution in [0.4, 0.5) is 11.8 Å². The Morgan fingerprint density at radius 2 is 2.24 bits per heavy atom. The Morgan fingerprint density at radius 3 is 2.76 bits per heavy atom. The molecule has 1 saturated carbocycles. The molecule has 0 aromatic carbocycles. The molecule has 94 valence electrons. The van der Waals surface area contributed by atoms with Gasteiger partial charge < -0.3 is 16.0 Å². The van der Waals surface area contributed by atoms with Crippen LogP contribution in [-0.4, -0.2) is 41.5 Å². The van der Waals surface area contributed by atoms with Crippen LogP contribution < -0.4 is 11.1 Å². The third-order valence-corrected chi connectivity index (χ3v) is 3.23. The molecule has 1 heterocycles. The third kappa shape index (κ3) is 3.44. The zero-order valence-electron chi connectivity index (χ0n) is 10.2. The second kappa shape index (κ2) is 5.06. The number of nitrogen functional groups attached to an aromatic ring is 1. The number of nitrogens with one attached hydrogen (secondary N) is 1. The highest BCUT2D eigenvalue weighted by Crippen LogP contribution is 2.34. The van der Waals surface area contributed by atoms with Gasteiger partial charge in [-0.05, 0) is 32.9 Å². The van der Waals surface area contributed by atoms with E-state index in [0.29, 0.717) is 17.0 Å². The molecule has 5 nitrogen and oxygen atoms in total. The fourth-order valence-electron chi connectivity index (χ4n) is 1.99. The van der Waals surface area contributed by atoms with E-state index in [1.807, 2.05) is 0 Å². The largest absolute Gasteiger partial charge is 0.368 e. The summed E-state index contributed by atoms with van der Waals surface area (Å²) in [7, 11) is 4.21. The van der Waals surface area contributed by atoms with E-state index in [2.05, 4.69) is 34.3 Å². The normalized spacial score (nSPS) is 17.2. The van der Waals surface area contributed by atoms with Gasteiger partial charge in [-0.15, -0.1) is 0 Å². The molecule has 0 aliphatic heterocycles. The van der Waals surface area contributed by atoms with Crippen LogP contribution in [-0.2, 0) is 0 Å². The number of halogens is 1. The van der Waals surface area contributed by atoms with Gasteiger partial charge >= 0.3 is 0 Å². The van der Waals surface area contributed by atoms with Crippen LogP contribution in [0, 0.1) is 5.92 Å². The SMILES string of the molecule is CN(C)[C@@H](CNc1cc(Cl)nc(N)n1)C1CC1. The molecule has 0 radical (unpaired) electrons. The van der Waals surface area contributed by atoms with E-state index >= 15 is 0 Å². The molecule has 0 spiro atoms. The summed E-state index contributed by atoms with van der Waals surface area (Å²) in [4.78, 5) is 10.2. The second-order valence-corrected chi connectivity index (χ2v) is 5.07. The topological polar surface area (TPSA) is 67.1 Å². The molecule has 2 rings (SSSR count). The fraction of sp³-hybridized carbons (Fsp3) is 0.636. The summed E-state index contributed by atoms with van der Waals surface area (Å²) in [5.41, 5.74) is 5.54. The lowest BCUT2D eigenvalue weighted by Gasteiger charge is -2.24. The standard InChI is InChI=1S/C11H18ClN5/c1-17(2)8(7-3-4-7)6-14-10-5-9(12)15-11(13)16-10/h5,7-8H,3-4,6H2,1-2H3,(H3,13,14,15,16)/t8-/m0/s1. The van der Waals surface area contributed by atoms with Crippen molar-refractivity contribution in [1.82, 2.24) is 14.9 Å². The molecule has 0 unspecified atom stereocenters. The number of anilines is 2. The summed E-state index contributed by atoms with van der Waals surface area (Å²) in [6.45, 7) is 0.852. The Balaban J connectivity index is 1.95. The summed E-state index contributed by atoms with van der Waals surface area (Å²) < 4.78 is 0. The molecule has 17 heavy (non-hydrogen) atoms. The lowest BCUT2D eigenvalue weighted by atomic mass is 10.1. The lowest BCUT2D eigenvalue weighted by molar-refractivity contribution is 0.276. The van der Waals surface area contributed by atoms with Crippen molar-refractivity contribution in [2.24, 2.45) is 5.92 Å². The van der Waals surface area contributed by atoms with Gasteiger partial charge in [0.05, 0.1) is 0 Å². The van der Waals surface area contributed by atoms with Gasteiger partial charge in [0.2, 0.25) is 5.95 Å². The maximum atomic E-state index is 5.82. The number of hydrogen-bond donors (Lipinski definition) is 2.